The Morgan fingerprint density at radius 2 is 1.79 bits per heavy atom. The van der Waals surface area contributed by atoms with E-state index in [1.165, 1.54) is 12.1 Å². The summed E-state index contributed by atoms with van der Waals surface area (Å²) in [7, 11) is 3.79. The minimum atomic E-state index is -4.49. The molecule has 29 heavy (non-hydrogen) atoms. The first kappa shape index (κ1) is 21.2. The first-order valence-electron chi connectivity index (χ1n) is 9.58. The standard InChI is InChI=1S/C22H25F3N2O2/c1-26(2)17-11-9-15(10-12-17)20(27-13-5-6-16(14-27)21(28)29)18-7-3-4-8-19(18)22(23,24)25/h3-4,7-12,16,20H,5-6,13-14H2,1-2H3,(H,28,29). The van der Waals surface area contributed by atoms with Crippen LogP contribution in [0.3, 0.4) is 0 Å². The predicted molar refractivity (Wildman–Crippen MR) is 106 cm³/mol. The van der Waals surface area contributed by atoms with E-state index in [9.17, 15) is 23.1 Å². The summed E-state index contributed by atoms with van der Waals surface area (Å²) in [6.07, 6.45) is -3.31. The van der Waals surface area contributed by atoms with Crippen LogP contribution in [0.15, 0.2) is 48.5 Å². The maximum Gasteiger partial charge on any atom is 0.416 e. The average Bonchev–Trinajstić information content (AvgIpc) is 2.68. The number of benzene rings is 2. The minimum absolute atomic E-state index is 0.156. The van der Waals surface area contributed by atoms with E-state index in [0.717, 1.165) is 17.3 Å². The van der Waals surface area contributed by atoms with Gasteiger partial charge in [0.05, 0.1) is 17.5 Å². The highest BCUT2D eigenvalue weighted by molar-refractivity contribution is 5.70. The van der Waals surface area contributed by atoms with Crippen LogP contribution in [0.2, 0.25) is 0 Å². The van der Waals surface area contributed by atoms with Gasteiger partial charge >= 0.3 is 12.1 Å². The van der Waals surface area contributed by atoms with Crippen molar-refractivity contribution in [2.24, 2.45) is 5.92 Å². The number of piperidine rings is 1. The van der Waals surface area contributed by atoms with Crippen LogP contribution in [0, 0.1) is 5.92 Å². The molecule has 0 aliphatic carbocycles. The van der Waals surface area contributed by atoms with E-state index >= 15 is 0 Å². The Morgan fingerprint density at radius 1 is 1.14 bits per heavy atom. The number of halogens is 3. The number of carboxylic acids is 1. The van der Waals surface area contributed by atoms with Gasteiger partial charge in [-0.25, -0.2) is 0 Å². The summed E-state index contributed by atoms with van der Waals surface area (Å²) in [6.45, 7) is 0.775. The molecule has 0 bridgehead atoms. The second-order valence-electron chi connectivity index (χ2n) is 7.65. The van der Waals surface area contributed by atoms with Gasteiger partial charge in [-0.15, -0.1) is 0 Å². The summed E-state index contributed by atoms with van der Waals surface area (Å²) >= 11 is 0. The lowest BCUT2D eigenvalue weighted by molar-refractivity contribution is -0.144. The summed E-state index contributed by atoms with van der Waals surface area (Å²) in [5.74, 6) is -1.48. The van der Waals surface area contributed by atoms with Gasteiger partial charge < -0.3 is 10.0 Å². The molecule has 2 unspecified atom stereocenters. The van der Waals surface area contributed by atoms with Crippen LogP contribution >= 0.6 is 0 Å². The van der Waals surface area contributed by atoms with E-state index < -0.39 is 29.7 Å². The third-order valence-electron chi connectivity index (χ3n) is 5.45. The SMILES string of the molecule is CN(C)c1ccc(C(c2ccccc2C(F)(F)F)N2CCCC(C(=O)O)C2)cc1. The topological polar surface area (TPSA) is 43.8 Å². The fraction of sp³-hybridized carbons (Fsp3) is 0.409. The maximum atomic E-state index is 13.7. The summed E-state index contributed by atoms with van der Waals surface area (Å²) in [5.41, 5.74) is 1.14. The van der Waals surface area contributed by atoms with Crippen molar-refractivity contribution in [2.45, 2.75) is 25.1 Å². The van der Waals surface area contributed by atoms with Crippen molar-refractivity contribution in [1.29, 1.82) is 0 Å². The van der Waals surface area contributed by atoms with Crippen molar-refractivity contribution >= 4 is 11.7 Å². The van der Waals surface area contributed by atoms with Crippen LogP contribution in [-0.2, 0) is 11.0 Å². The molecular formula is C22H25F3N2O2. The van der Waals surface area contributed by atoms with Crippen LogP contribution in [0.1, 0.15) is 35.6 Å². The zero-order valence-corrected chi connectivity index (χ0v) is 16.5. The number of carboxylic acid groups (broad SMARTS) is 1. The molecule has 3 rings (SSSR count). The van der Waals surface area contributed by atoms with E-state index in [2.05, 4.69) is 0 Å². The number of hydrogen-bond donors (Lipinski definition) is 1. The van der Waals surface area contributed by atoms with Crippen molar-refractivity contribution in [3.05, 3.63) is 65.2 Å². The van der Waals surface area contributed by atoms with E-state index in [1.807, 2.05) is 48.2 Å². The zero-order chi connectivity index (χ0) is 21.2. The Morgan fingerprint density at radius 3 is 2.38 bits per heavy atom. The Bertz CT molecular complexity index is 850. The second kappa shape index (κ2) is 8.45. The molecule has 0 radical (unpaired) electrons. The van der Waals surface area contributed by atoms with Crippen molar-refractivity contribution in [1.82, 2.24) is 4.90 Å². The lowest BCUT2D eigenvalue weighted by Crippen LogP contribution is -2.41. The molecule has 1 aliphatic rings. The first-order valence-corrected chi connectivity index (χ1v) is 9.58. The zero-order valence-electron chi connectivity index (χ0n) is 16.5. The third kappa shape index (κ3) is 4.72. The minimum Gasteiger partial charge on any atom is -0.481 e. The Balaban J connectivity index is 2.09. The highest BCUT2D eigenvalue weighted by atomic mass is 19.4. The van der Waals surface area contributed by atoms with Gasteiger partial charge in [0, 0.05) is 26.3 Å². The summed E-state index contributed by atoms with van der Waals surface area (Å²) in [4.78, 5) is 15.3. The van der Waals surface area contributed by atoms with Gasteiger partial charge in [-0.2, -0.15) is 13.2 Å². The van der Waals surface area contributed by atoms with Gasteiger partial charge in [0.2, 0.25) is 0 Å². The molecule has 7 heteroatoms. The number of hydrogen-bond acceptors (Lipinski definition) is 3. The van der Waals surface area contributed by atoms with Gasteiger partial charge in [-0.05, 0) is 48.7 Å². The normalized spacial score (nSPS) is 19.0. The molecule has 0 saturated carbocycles. The fourth-order valence-corrected chi connectivity index (χ4v) is 3.98. The summed E-state index contributed by atoms with van der Waals surface area (Å²) in [5, 5.41) is 9.45. The van der Waals surface area contributed by atoms with Gasteiger partial charge in [0.1, 0.15) is 0 Å². The van der Waals surface area contributed by atoms with Gasteiger partial charge in [0.25, 0.3) is 0 Å². The Kier molecular flexibility index (Phi) is 6.17. The summed E-state index contributed by atoms with van der Waals surface area (Å²) < 4.78 is 41.2. The molecule has 1 heterocycles. The molecule has 0 aromatic heterocycles. The number of rotatable bonds is 5. The van der Waals surface area contributed by atoms with Crippen molar-refractivity contribution in [3.63, 3.8) is 0 Å². The number of carbonyl (C=O) groups is 1. The highest BCUT2D eigenvalue weighted by Gasteiger charge is 2.38. The van der Waals surface area contributed by atoms with Gasteiger partial charge in [-0.1, -0.05) is 30.3 Å². The number of aliphatic carboxylic acids is 1. The third-order valence-corrected chi connectivity index (χ3v) is 5.45. The number of anilines is 1. The largest absolute Gasteiger partial charge is 0.481 e. The molecule has 1 N–H and O–H groups in total. The predicted octanol–water partition coefficient (Wildman–Crippen LogP) is 4.66. The number of alkyl halides is 3. The molecule has 0 amide bonds. The van der Waals surface area contributed by atoms with Crippen LogP contribution in [0.5, 0.6) is 0 Å². The van der Waals surface area contributed by atoms with Crippen molar-refractivity contribution < 1.29 is 23.1 Å². The summed E-state index contributed by atoms with van der Waals surface area (Å²) in [6, 6.07) is 12.3. The molecule has 2 aromatic carbocycles. The van der Waals surface area contributed by atoms with Crippen LogP contribution in [0.4, 0.5) is 18.9 Å². The number of likely N-dealkylation sites (tertiary alicyclic amines) is 1. The lowest BCUT2D eigenvalue weighted by atomic mass is 9.89. The van der Waals surface area contributed by atoms with Gasteiger partial charge in [0.15, 0.2) is 0 Å². The molecule has 4 nitrogen and oxygen atoms in total. The lowest BCUT2D eigenvalue weighted by Gasteiger charge is -2.38. The average molecular weight is 406 g/mol. The van der Waals surface area contributed by atoms with E-state index in [1.54, 1.807) is 6.07 Å². The molecule has 156 valence electrons. The monoisotopic (exact) mass is 406 g/mol. The highest BCUT2D eigenvalue weighted by Crippen LogP contribution is 2.40. The van der Waals surface area contributed by atoms with E-state index in [4.69, 9.17) is 0 Å². The Labute approximate surface area is 168 Å². The molecule has 0 spiro atoms. The van der Waals surface area contributed by atoms with E-state index in [-0.39, 0.29) is 12.1 Å². The Hall–Kier alpha value is -2.54. The van der Waals surface area contributed by atoms with E-state index in [0.29, 0.717) is 19.4 Å². The van der Waals surface area contributed by atoms with Crippen molar-refractivity contribution in [2.75, 3.05) is 32.1 Å². The van der Waals surface area contributed by atoms with Crippen molar-refractivity contribution in [3.8, 4) is 0 Å². The molecule has 1 saturated heterocycles. The molecule has 2 atom stereocenters. The van der Waals surface area contributed by atoms with Crippen LogP contribution in [-0.4, -0.2) is 43.2 Å². The molecule has 1 aliphatic heterocycles. The fourth-order valence-electron chi connectivity index (χ4n) is 3.98. The second-order valence-corrected chi connectivity index (χ2v) is 7.65. The smallest absolute Gasteiger partial charge is 0.416 e. The maximum absolute atomic E-state index is 13.7. The van der Waals surface area contributed by atoms with Crippen LogP contribution in [0.25, 0.3) is 0 Å². The van der Waals surface area contributed by atoms with Gasteiger partial charge in [-0.3, -0.25) is 9.69 Å². The molecule has 1 fully saturated rings. The first-order chi connectivity index (χ1) is 13.7. The quantitative estimate of drug-likeness (QED) is 0.785. The number of nitrogens with zero attached hydrogens (tertiary/aromatic N) is 2. The molecular weight excluding hydrogens is 381 g/mol. The molecule has 2 aromatic rings. The van der Waals surface area contributed by atoms with Crippen LogP contribution < -0.4 is 4.90 Å².